The van der Waals surface area contributed by atoms with E-state index in [2.05, 4.69) is 11.0 Å². The topological polar surface area (TPSA) is 44.1 Å². The van der Waals surface area contributed by atoms with Crippen LogP contribution in [0, 0.1) is 11.3 Å². The van der Waals surface area contributed by atoms with Gasteiger partial charge in [-0.1, -0.05) is 18.2 Å². The van der Waals surface area contributed by atoms with Crippen molar-refractivity contribution in [2.45, 2.75) is 32.4 Å². The molecule has 88 valence electrons. The Morgan fingerprint density at radius 2 is 2.29 bits per heavy atom. The zero-order valence-corrected chi connectivity index (χ0v) is 10.0. The molecule has 2 rings (SSSR count). The molecule has 1 saturated heterocycles. The second kappa shape index (κ2) is 5.11. The Balaban J connectivity index is 2.15. The fraction of sp³-hybridized carbons (Fsp3) is 0.429. The monoisotopic (exact) mass is 228 g/mol. The van der Waals surface area contributed by atoms with Gasteiger partial charge in [0.05, 0.1) is 17.7 Å². The van der Waals surface area contributed by atoms with Crippen LogP contribution in [-0.4, -0.2) is 23.3 Å². The van der Waals surface area contributed by atoms with Crippen LogP contribution in [0.2, 0.25) is 0 Å². The summed E-state index contributed by atoms with van der Waals surface area (Å²) in [4.78, 5) is 13.7. The number of carbonyl (C=O) groups is 1. The Labute approximate surface area is 102 Å². The minimum absolute atomic E-state index is 0.0433. The molecule has 0 aromatic heterocycles. The standard InChI is InChI=1S/C14H16N2O/c1-11(17)14-7-4-8-16(14)10-13-6-3-2-5-12(13)9-15/h2-3,5-6,14H,4,7-8,10H2,1H3/t14-/m1/s1. The van der Waals surface area contributed by atoms with Gasteiger partial charge in [-0.3, -0.25) is 9.69 Å². The van der Waals surface area contributed by atoms with Crippen molar-refractivity contribution >= 4 is 5.78 Å². The zero-order chi connectivity index (χ0) is 12.3. The summed E-state index contributed by atoms with van der Waals surface area (Å²) >= 11 is 0. The number of carbonyl (C=O) groups excluding carboxylic acids is 1. The molecule has 1 aromatic rings. The van der Waals surface area contributed by atoms with Gasteiger partial charge in [-0.15, -0.1) is 0 Å². The summed E-state index contributed by atoms with van der Waals surface area (Å²) in [7, 11) is 0. The van der Waals surface area contributed by atoms with Crippen LogP contribution in [0.15, 0.2) is 24.3 Å². The van der Waals surface area contributed by atoms with Crippen molar-refractivity contribution in [2.24, 2.45) is 0 Å². The highest BCUT2D eigenvalue weighted by atomic mass is 16.1. The van der Waals surface area contributed by atoms with Crippen LogP contribution < -0.4 is 0 Å². The molecular weight excluding hydrogens is 212 g/mol. The molecule has 1 aromatic carbocycles. The number of likely N-dealkylation sites (tertiary alicyclic amines) is 1. The maximum atomic E-state index is 11.5. The van der Waals surface area contributed by atoms with Gasteiger partial charge in [0.1, 0.15) is 5.78 Å². The van der Waals surface area contributed by atoms with Gasteiger partial charge >= 0.3 is 0 Å². The Morgan fingerprint density at radius 1 is 1.53 bits per heavy atom. The van der Waals surface area contributed by atoms with Gasteiger partial charge in [0, 0.05) is 6.54 Å². The van der Waals surface area contributed by atoms with Crippen LogP contribution in [0.4, 0.5) is 0 Å². The number of hydrogen-bond acceptors (Lipinski definition) is 3. The normalized spacial score (nSPS) is 20.1. The lowest BCUT2D eigenvalue weighted by Crippen LogP contribution is -2.34. The highest BCUT2D eigenvalue weighted by Crippen LogP contribution is 2.21. The van der Waals surface area contributed by atoms with E-state index in [-0.39, 0.29) is 11.8 Å². The van der Waals surface area contributed by atoms with Gasteiger partial charge in [-0.25, -0.2) is 0 Å². The van der Waals surface area contributed by atoms with Crippen molar-refractivity contribution in [3.63, 3.8) is 0 Å². The van der Waals surface area contributed by atoms with Crippen molar-refractivity contribution in [3.05, 3.63) is 35.4 Å². The second-order valence-corrected chi connectivity index (χ2v) is 4.51. The smallest absolute Gasteiger partial charge is 0.146 e. The molecule has 0 spiro atoms. The second-order valence-electron chi connectivity index (χ2n) is 4.51. The number of ketones is 1. The van der Waals surface area contributed by atoms with E-state index in [1.54, 1.807) is 6.92 Å². The highest BCUT2D eigenvalue weighted by molar-refractivity contribution is 5.81. The Morgan fingerprint density at radius 3 is 3.00 bits per heavy atom. The van der Waals surface area contributed by atoms with Crippen LogP contribution in [0.1, 0.15) is 30.9 Å². The molecule has 0 unspecified atom stereocenters. The Kier molecular flexibility index (Phi) is 3.55. The Hall–Kier alpha value is -1.66. The summed E-state index contributed by atoms with van der Waals surface area (Å²) in [6, 6.07) is 9.85. The number of nitriles is 1. The minimum Gasteiger partial charge on any atom is -0.298 e. The molecule has 0 radical (unpaired) electrons. The first kappa shape index (κ1) is 11.8. The van der Waals surface area contributed by atoms with Crippen LogP contribution in [0.5, 0.6) is 0 Å². The van der Waals surface area contributed by atoms with Gasteiger partial charge in [-0.05, 0) is 37.9 Å². The van der Waals surface area contributed by atoms with Crippen LogP contribution in [0.25, 0.3) is 0 Å². The molecule has 3 nitrogen and oxygen atoms in total. The van der Waals surface area contributed by atoms with E-state index < -0.39 is 0 Å². The van der Waals surface area contributed by atoms with E-state index in [9.17, 15) is 4.79 Å². The molecule has 0 N–H and O–H groups in total. The fourth-order valence-corrected chi connectivity index (χ4v) is 2.46. The highest BCUT2D eigenvalue weighted by Gasteiger charge is 2.28. The summed E-state index contributed by atoms with van der Waals surface area (Å²) in [5, 5.41) is 9.03. The maximum absolute atomic E-state index is 11.5. The lowest BCUT2D eigenvalue weighted by molar-refractivity contribution is -0.121. The molecule has 1 aliphatic rings. The van der Waals surface area contributed by atoms with Crippen molar-refractivity contribution in [3.8, 4) is 6.07 Å². The molecule has 1 atom stereocenters. The molecular formula is C14H16N2O. The number of rotatable bonds is 3. The largest absolute Gasteiger partial charge is 0.298 e. The van der Waals surface area contributed by atoms with Gasteiger partial charge in [-0.2, -0.15) is 5.26 Å². The third-order valence-electron chi connectivity index (χ3n) is 3.34. The van der Waals surface area contributed by atoms with E-state index in [1.165, 1.54) is 0 Å². The number of Topliss-reactive ketones (excluding diaryl/α,β-unsaturated/α-hetero) is 1. The van der Waals surface area contributed by atoms with Crippen molar-refractivity contribution in [1.82, 2.24) is 4.90 Å². The SMILES string of the molecule is CC(=O)[C@H]1CCCN1Cc1ccccc1C#N. The van der Waals surface area contributed by atoms with E-state index in [4.69, 9.17) is 5.26 Å². The summed E-state index contributed by atoms with van der Waals surface area (Å²) in [6.45, 7) is 3.30. The minimum atomic E-state index is 0.0433. The van der Waals surface area contributed by atoms with Gasteiger partial charge in [0.15, 0.2) is 0 Å². The van der Waals surface area contributed by atoms with E-state index in [1.807, 2.05) is 24.3 Å². The third-order valence-corrected chi connectivity index (χ3v) is 3.34. The predicted octanol–water partition coefficient (Wildman–Crippen LogP) is 2.11. The summed E-state index contributed by atoms with van der Waals surface area (Å²) in [5.74, 6) is 0.233. The fourth-order valence-electron chi connectivity index (χ4n) is 2.46. The maximum Gasteiger partial charge on any atom is 0.146 e. The molecule has 0 saturated carbocycles. The molecule has 0 amide bonds. The summed E-state index contributed by atoms with van der Waals surface area (Å²) in [5.41, 5.74) is 1.73. The first-order valence-electron chi connectivity index (χ1n) is 5.95. The predicted molar refractivity (Wildman–Crippen MR) is 65.3 cm³/mol. The Bertz CT molecular complexity index is 462. The quantitative estimate of drug-likeness (QED) is 0.796. The average molecular weight is 228 g/mol. The number of benzene rings is 1. The number of hydrogen-bond donors (Lipinski definition) is 0. The van der Waals surface area contributed by atoms with Crippen LogP contribution in [0.3, 0.4) is 0 Å². The molecule has 1 fully saturated rings. The molecule has 0 aliphatic carbocycles. The van der Waals surface area contributed by atoms with Gasteiger partial charge in [0.25, 0.3) is 0 Å². The lowest BCUT2D eigenvalue weighted by atomic mass is 10.1. The average Bonchev–Trinajstić information content (AvgIpc) is 2.78. The molecule has 3 heteroatoms. The van der Waals surface area contributed by atoms with Crippen molar-refractivity contribution in [1.29, 1.82) is 5.26 Å². The van der Waals surface area contributed by atoms with E-state index >= 15 is 0 Å². The van der Waals surface area contributed by atoms with Crippen LogP contribution in [-0.2, 0) is 11.3 Å². The summed E-state index contributed by atoms with van der Waals surface area (Å²) < 4.78 is 0. The molecule has 1 heterocycles. The molecule has 1 aliphatic heterocycles. The molecule has 17 heavy (non-hydrogen) atoms. The van der Waals surface area contributed by atoms with Crippen LogP contribution >= 0.6 is 0 Å². The number of nitrogens with zero attached hydrogens (tertiary/aromatic N) is 2. The summed E-state index contributed by atoms with van der Waals surface area (Å²) in [6.07, 6.45) is 2.02. The van der Waals surface area contributed by atoms with Gasteiger partial charge in [0.2, 0.25) is 0 Å². The van der Waals surface area contributed by atoms with Crippen molar-refractivity contribution in [2.75, 3.05) is 6.54 Å². The zero-order valence-electron chi connectivity index (χ0n) is 10.0. The first-order valence-corrected chi connectivity index (χ1v) is 5.95. The van der Waals surface area contributed by atoms with Gasteiger partial charge < -0.3 is 0 Å². The lowest BCUT2D eigenvalue weighted by Gasteiger charge is -2.22. The first-order chi connectivity index (χ1) is 8.22. The van der Waals surface area contributed by atoms with E-state index in [0.29, 0.717) is 12.1 Å². The molecule has 0 bridgehead atoms. The third kappa shape index (κ3) is 2.54. The van der Waals surface area contributed by atoms with E-state index in [0.717, 1.165) is 24.9 Å². The van der Waals surface area contributed by atoms with Crippen molar-refractivity contribution < 1.29 is 4.79 Å².